The number of amides is 1. The van der Waals surface area contributed by atoms with E-state index < -0.39 is 35.5 Å². The standard InChI is InChI=1S/C20H16F2N2O.C16H13F3N2O2/c21-16-7-6-13(9-17(16)22)15-11-24-20(15)18(25)10-14-4-1-3-12-5-2-8-23-19(12)14;17-16(18,19)15(23)21-8-6-12(21)13(22)9-11-4-1-3-10-5-2-7-20-14(10)11/h1-9,15,20,24H,10-11H2;1-5,7,12H,6,8-9H2/t15-,20-;12-/m00/s1. The van der Waals surface area contributed by atoms with Gasteiger partial charge in [0.25, 0.3) is 0 Å². The number of benzene rings is 3. The highest BCUT2D eigenvalue weighted by atomic mass is 19.4. The number of carbonyl (C=O) groups is 3. The molecule has 2 saturated heterocycles. The van der Waals surface area contributed by atoms with Crippen molar-refractivity contribution in [3.8, 4) is 0 Å². The Labute approximate surface area is 271 Å². The number of aromatic nitrogens is 2. The van der Waals surface area contributed by atoms with Crippen molar-refractivity contribution in [3.05, 3.63) is 120 Å². The van der Waals surface area contributed by atoms with Gasteiger partial charge in [-0.15, -0.1) is 0 Å². The lowest BCUT2D eigenvalue weighted by Gasteiger charge is -2.40. The van der Waals surface area contributed by atoms with Gasteiger partial charge in [0.05, 0.1) is 23.1 Å². The van der Waals surface area contributed by atoms with Gasteiger partial charge in [-0.05, 0) is 47.4 Å². The van der Waals surface area contributed by atoms with Crippen molar-refractivity contribution in [2.24, 2.45) is 0 Å². The SMILES string of the molecule is O=C(Cc1cccc2cccnc12)[C@@H]1CCN1C(=O)C(F)(F)F.O=C(Cc1cccc2cccnc12)[C@H]1NC[C@H]1c1ccc(F)c(F)c1. The Balaban J connectivity index is 0.000000168. The van der Waals surface area contributed by atoms with E-state index in [4.69, 9.17) is 0 Å². The van der Waals surface area contributed by atoms with Crippen molar-refractivity contribution in [2.75, 3.05) is 13.1 Å². The van der Waals surface area contributed by atoms with Crippen LogP contribution in [0.3, 0.4) is 0 Å². The Morgan fingerprint density at radius 3 is 1.85 bits per heavy atom. The highest BCUT2D eigenvalue weighted by Crippen LogP contribution is 2.30. The molecule has 0 bridgehead atoms. The normalized spacial score (nSPS) is 18.8. The van der Waals surface area contributed by atoms with E-state index in [0.29, 0.717) is 28.1 Å². The molecule has 7 nitrogen and oxygen atoms in total. The zero-order chi connectivity index (χ0) is 34.0. The van der Waals surface area contributed by atoms with E-state index in [2.05, 4.69) is 15.3 Å². The first-order chi connectivity index (χ1) is 23.0. The van der Waals surface area contributed by atoms with Crippen LogP contribution >= 0.6 is 0 Å². The van der Waals surface area contributed by atoms with Crippen LogP contribution in [0.15, 0.2) is 91.3 Å². The van der Waals surface area contributed by atoms with E-state index in [9.17, 15) is 36.3 Å². The number of fused-ring (bicyclic) bond motifs is 2. The van der Waals surface area contributed by atoms with E-state index >= 15 is 0 Å². The van der Waals surface area contributed by atoms with Crippen molar-refractivity contribution in [1.82, 2.24) is 20.2 Å². The number of hydrogen-bond acceptors (Lipinski definition) is 6. The second-order valence-electron chi connectivity index (χ2n) is 11.7. The van der Waals surface area contributed by atoms with Gasteiger partial charge >= 0.3 is 12.1 Å². The van der Waals surface area contributed by atoms with Crippen LogP contribution in [0.1, 0.15) is 29.0 Å². The number of Topliss-reactive ketones (excluding diaryl/α,β-unsaturated/α-hetero) is 2. The minimum atomic E-state index is -4.94. The summed E-state index contributed by atoms with van der Waals surface area (Å²) in [5.74, 6) is -4.20. The zero-order valence-corrected chi connectivity index (χ0v) is 25.4. The average molecular weight is 661 g/mol. The zero-order valence-electron chi connectivity index (χ0n) is 25.4. The first-order valence-electron chi connectivity index (χ1n) is 15.3. The van der Waals surface area contributed by atoms with Gasteiger partial charge in [-0.1, -0.05) is 54.6 Å². The van der Waals surface area contributed by atoms with Crippen LogP contribution in [0.5, 0.6) is 0 Å². The fourth-order valence-corrected chi connectivity index (χ4v) is 6.10. The smallest absolute Gasteiger partial charge is 0.325 e. The van der Waals surface area contributed by atoms with E-state index in [-0.39, 0.29) is 43.6 Å². The van der Waals surface area contributed by atoms with Crippen LogP contribution in [0.4, 0.5) is 22.0 Å². The molecule has 12 heteroatoms. The fraction of sp³-hybridized carbons (Fsp3) is 0.250. The number of carbonyl (C=O) groups excluding carboxylic acids is 3. The van der Waals surface area contributed by atoms with Gasteiger partial charge < -0.3 is 10.2 Å². The molecule has 4 heterocycles. The molecule has 1 N–H and O–H groups in total. The molecular weight excluding hydrogens is 631 g/mol. The number of likely N-dealkylation sites (tertiary alicyclic amines) is 1. The van der Waals surface area contributed by atoms with Crippen molar-refractivity contribution in [2.45, 2.75) is 43.4 Å². The number of pyridine rings is 2. The van der Waals surface area contributed by atoms with Gasteiger partial charge in [-0.3, -0.25) is 24.4 Å². The lowest BCUT2D eigenvalue weighted by Crippen LogP contribution is -2.59. The second kappa shape index (κ2) is 13.6. The molecule has 2 aliphatic heterocycles. The molecule has 1 amide bonds. The number of alkyl halides is 3. The highest BCUT2D eigenvalue weighted by Gasteiger charge is 2.49. The Hall–Kier alpha value is -5.10. The molecule has 3 aromatic carbocycles. The molecular formula is C36H29F5N4O3. The maximum Gasteiger partial charge on any atom is 0.471 e. The van der Waals surface area contributed by atoms with Crippen molar-refractivity contribution in [3.63, 3.8) is 0 Å². The van der Waals surface area contributed by atoms with Crippen LogP contribution in [-0.2, 0) is 27.2 Å². The molecule has 0 radical (unpaired) electrons. The third-order valence-electron chi connectivity index (χ3n) is 8.74. The second-order valence-corrected chi connectivity index (χ2v) is 11.7. The van der Waals surface area contributed by atoms with Gasteiger partial charge in [-0.25, -0.2) is 8.78 Å². The summed E-state index contributed by atoms with van der Waals surface area (Å²) in [6.45, 7) is 0.539. The van der Waals surface area contributed by atoms with Gasteiger partial charge in [0.2, 0.25) is 0 Å². The molecule has 2 fully saturated rings. The minimum Gasteiger partial charge on any atom is -0.325 e. The van der Waals surface area contributed by atoms with Gasteiger partial charge in [-0.2, -0.15) is 13.2 Å². The van der Waals surface area contributed by atoms with Crippen LogP contribution in [0.25, 0.3) is 21.8 Å². The molecule has 246 valence electrons. The van der Waals surface area contributed by atoms with E-state index in [0.717, 1.165) is 27.9 Å². The molecule has 0 unspecified atom stereocenters. The van der Waals surface area contributed by atoms with Gasteiger partial charge in [0.1, 0.15) is 0 Å². The van der Waals surface area contributed by atoms with E-state index in [1.807, 2.05) is 42.5 Å². The Bertz CT molecular complexity index is 2010. The first-order valence-corrected chi connectivity index (χ1v) is 15.3. The Morgan fingerprint density at radius 2 is 1.35 bits per heavy atom. The molecule has 2 aliphatic rings. The van der Waals surface area contributed by atoms with Crippen molar-refractivity contribution < 1.29 is 36.3 Å². The van der Waals surface area contributed by atoms with Crippen LogP contribution in [-0.4, -0.2) is 63.7 Å². The highest BCUT2D eigenvalue weighted by molar-refractivity contribution is 5.96. The summed E-state index contributed by atoms with van der Waals surface area (Å²) in [6, 6.07) is 21.0. The summed E-state index contributed by atoms with van der Waals surface area (Å²) in [4.78, 5) is 45.5. The predicted octanol–water partition coefficient (Wildman–Crippen LogP) is 5.89. The number of hydrogen-bond donors (Lipinski definition) is 1. The van der Waals surface area contributed by atoms with Crippen molar-refractivity contribution >= 4 is 39.3 Å². The summed E-state index contributed by atoms with van der Waals surface area (Å²) >= 11 is 0. The minimum absolute atomic E-state index is 0.0270. The number of nitrogens with one attached hydrogen (secondary N) is 1. The molecule has 0 saturated carbocycles. The number of rotatable bonds is 7. The van der Waals surface area contributed by atoms with Crippen molar-refractivity contribution in [1.29, 1.82) is 0 Å². The quantitative estimate of drug-likeness (QED) is 0.219. The van der Waals surface area contributed by atoms with Gasteiger partial charge in [0.15, 0.2) is 23.2 Å². The van der Waals surface area contributed by atoms with Crippen LogP contribution < -0.4 is 5.32 Å². The molecule has 5 aromatic rings. The Morgan fingerprint density at radius 1 is 0.771 bits per heavy atom. The number of halogens is 5. The van der Waals surface area contributed by atoms with Gasteiger partial charge in [0, 0.05) is 55.0 Å². The number of nitrogens with zero attached hydrogens (tertiary/aromatic N) is 3. The summed E-state index contributed by atoms with van der Waals surface area (Å²) in [7, 11) is 0. The topological polar surface area (TPSA) is 92.3 Å². The largest absolute Gasteiger partial charge is 0.471 e. The lowest BCUT2D eigenvalue weighted by atomic mass is 9.81. The number of ketones is 2. The summed E-state index contributed by atoms with van der Waals surface area (Å²) in [5.41, 5.74) is 3.64. The van der Waals surface area contributed by atoms with Crippen LogP contribution in [0, 0.1) is 11.6 Å². The van der Waals surface area contributed by atoms with E-state index in [1.54, 1.807) is 36.7 Å². The third kappa shape index (κ3) is 6.79. The maximum absolute atomic E-state index is 13.5. The molecule has 0 aliphatic carbocycles. The Kier molecular flexibility index (Phi) is 9.27. The summed E-state index contributed by atoms with van der Waals surface area (Å²) in [6.07, 6.45) is -1.16. The predicted molar refractivity (Wildman–Crippen MR) is 168 cm³/mol. The molecule has 7 rings (SSSR count). The molecule has 48 heavy (non-hydrogen) atoms. The third-order valence-corrected chi connectivity index (χ3v) is 8.74. The van der Waals surface area contributed by atoms with Crippen LogP contribution in [0.2, 0.25) is 0 Å². The first kappa shape index (κ1) is 32.8. The average Bonchev–Trinajstić information content (AvgIpc) is 3.02. The molecule has 3 atom stereocenters. The maximum atomic E-state index is 13.5. The summed E-state index contributed by atoms with van der Waals surface area (Å²) in [5, 5.41) is 4.96. The molecule has 2 aromatic heterocycles. The monoisotopic (exact) mass is 660 g/mol. The number of para-hydroxylation sites is 2. The lowest BCUT2D eigenvalue weighted by molar-refractivity contribution is -0.193. The molecule has 0 spiro atoms. The summed E-state index contributed by atoms with van der Waals surface area (Å²) < 4.78 is 64.0. The fourth-order valence-electron chi connectivity index (χ4n) is 6.10. The van der Waals surface area contributed by atoms with E-state index in [1.165, 1.54) is 6.07 Å².